The molecule has 1 heterocycles. The lowest BCUT2D eigenvalue weighted by Gasteiger charge is -2.36. The molecule has 0 atom stereocenters. The zero-order chi connectivity index (χ0) is 16.9. The number of phenolic OH excluding ortho intramolecular Hbond substituents is 1. The van der Waals surface area contributed by atoms with Crippen LogP contribution >= 0.6 is 24.0 Å². The van der Waals surface area contributed by atoms with Crippen molar-refractivity contribution in [2.75, 3.05) is 31.1 Å². The highest BCUT2D eigenvalue weighted by Crippen LogP contribution is 2.17. The SMILES string of the molecule is I.NC(=NCc1ccc(O)cc1)N1CCN(c2ccc(F)cc2)CC1. The summed E-state index contributed by atoms with van der Waals surface area (Å²) in [6.45, 7) is 3.69. The molecule has 134 valence electrons. The minimum Gasteiger partial charge on any atom is -0.508 e. The number of hydrogen-bond acceptors (Lipinski definition) is 3. The van der Waals surface area contributed by atoms with Crippen LogP contribution in [0.5, 0.6) is 5.75 Å². The van der Waals surface area contributed by atoms with Gasteiger partial charge in [0.15, 0.2) is 5.96 Å². The molecule has 2 aromatic rings. The number of anilines is 1. The van der Waals surface area contributed by atoms with E-state index in [1.165, 1.54) is 12.1 Å². The van der Waals surface area contributed by atoms with Crippen molar-refractivity contribution in [1.82, 2.24) is 4.90 Å². The van der Waals surface area contributed by atoms with Gasteiger partial charge in [0.05, 0.1) is 6.54 Å². The molecule has 0 saturated carbocycles. The summed E-state index contributed by atoms with van der Waals surface area (Å²) in [5, 5.41) is 9.28. The standard InChI is InChI=1S/C18H21FN4O.HI/c19-15-3-5-16(6-4-15)22-9-11-23(12-10-22)18(20)21-13-14-1-7-17(24)8-2-14;/h1-8,24H,9-13H2,(H2,20,21);1H. The number of nitrogens with zero attached hydrogens (tertiary/aromatic N) is 3. The van der Waals surface area contributed by atoms with Crippen molar-refractivity contribution in [3.05, 3.63) is 59.9 Å². The van der Waals surface area contributed by atoms with Gasteiger partial charge in [-0.1, -0.05) is 12.1 Å². The second-order valence-corrected chi connectivity index (χ2v) is 5.79. The quantitative estimate of drug-likeness (QED) is 0.424. The van der Waals surface area contributed by atoms with E-state index >= 15 is 0 Å². The van der Waals surface area contributed by atoms with Crippen LogP contribution in [0.25, 0.3) is 0 Å². The zero-order valence-electron chi connectivity index (χ0n) is 13.8. The van der Waals surface area contributed by atoms with Crippen molar-refractivity contribution in [3.8, 4) is 5.75 Å². The molecule has 25 heavy (non-hydrogen) atoms. The number of benzene rings is 2. The first-order valence-corrected chi connectivity index (χ1v) is 7.95. The number of phenols is 1. The van der Waals surface area contributed by atoms with Crippen LogP contribution in [0.4, 0.5) is 10.1 Å². The van der Waals surface area contributed by atoms with E-state index in [4.69, 9.17) is 5.73 Å². The molecule has 0 aliphatic carbocycles. The fourth-order valence-electron chi connectivity index (χ4n) is 2.72. The first kappa shape index (κ1) is 19.3. The lowest BCUT2D eigenvalue weighted by molar-refractivity contribution is 0.380. The van der Waals surface area contributed by atoms with Crippen molar-refractivity contribution in [2.24, 2.45) is 10.7 Å². The molecule has 2 aromatic carbocycles. The smallest absolute Gasteiger partial charge is 0.191 e. The number of aromatic hydroxyl groups is 1. The first-order chi connectivity index (χ1) is 11.6. The summed E-state index contributed by atoms with van der Waals surface area (Å²) in [6.07, 6.45) is 0. The summed E-state index contributed by atoms with van der Waals surface area (Å²) in [6, 6.07) is 13.5. The van der Waals surface area contributed by atoms with Gasteiger partial charge in [0.25, 0.3) is 0 Å². The van der Waals surface area contributed by atoms with Crippen LogP contribution in [0.15, 0.2) is 53.5 Å². The van der Waals surface area contributed by atoms with Crippen LogP contribution in [0.1, 0.15) is 5.56 Å². The van der Waals surface area contributed by atoms with Gasteiger partial charge in [0.1, 0.15) is 11.6 Å². The number of aliphatic imine (C=N–C) groups is 1. The largest absolute Gasteiger partial charge is 0.508 e. The minimum atomic E-state index is -0.219. The third kappa shape index (κ3) is 5.22. The van der Waals surface area contributed by atoms with Gasteiger partial charge in [-0.25, -0.2) is 9.38 Å². The lowest BCUT2D eigenvalue weighted by Crippen LogP contribution is -2.51. The van der Waals surface area contributed by atoms with Crippen molar-refractivity contribution in [2.45, 2.75) is 6.54 Å². The topological polar surface area (TPSA) is 65.1 Å². The minimum absolute atomic E-state index is 0. The van der Waals surface area contributed by atoms with Crippen LogP contribution in [-0.2, 0) is 6.54 Å². The molecule has 0 amide bonds. The Kier molecular flexibility index (Phi) is 6.86. The van der Waals surface area contributed by atoms with E-state index < -0.39 is 0 Å². The van der Waals surface area contributed by atoms with Gasteiger partial charge in [-0.05, 0) is 42.0 Å². The van der Waals surface area contributed by atoms with Gasteiger partial charge in [0, 0.05) is 31.9 Å². The molecular weight excluding hydrogens is 434 g/mol. The van der Waals surface area contributed by atoms with E-state index in [9.17, 15) is 9.50 Å². The highest BCUT2D eigenvalue weighted by Gasteiger charge is 2.18. The zero-order valence-corrected chi connectivity index (χ0v) is 16.1. The van der Waals surface area contributed by atoms with Crippen molar-refractivity contribution in [1.29, 1.82) is 0 Å². The number of piperazine rings is 1. The number of nitrogens with two attached hydrogens (primary N) is 1. The predicted octanol–water partition coefficient (Wildman–Crippen LogP) is 2.79. The van der Waals surface area contributed by atoms with Crippen LogP contribution in [0.2, 0.25) is 0 Å². The highest BCUT2D eigenvalue weighted by atomic mass is 127. The fourth-order valence-corrected chi connectivity index (χ4v) is 2.72. The third-order valence-electron chi connectivity index (χ3n) is 4.16. The molecule has 3 N–H and O–H groups in total. The average molecular weight is 456 g/mol. The number of halogens is 2. The summed E-state index contributed by atoms with van der Waals surface area (Å²) in [5.41, 5.74) is 8.11. The van der Waals surface area contributed by atoms with Crippen LogP contribution in [0, 0.1) is 5.82 Å². The summed E-state index contributed by atoms with van der Waals surface area (Å²) in [5.74, 6) is 0.553. The molecule has 3 rings (SSSR count). The maximum Gasteiger partial charge on any atom is 0.191 e. The molecule has 0 unspecified atom stereocenters. The summed E-state index contributed by atoms with van der Waals surface area (Å²) in [4.78, 5) is 8.70. The number of rotatable bonds is 3. The van der Waals surface area contributed by atoms with E-state index in [-0.39, 0.29) is 35.5 Å². The Balaban J connectivity index is 0.00000225. The van der Waals surface area contributed by atoms with Gasteiger partial charge in [-0.3, -0.25) is 0 Å². The van der Waals surface area contributed by atoms with Crippen molar-refractivity contribution >= 4 is 35.6 Å². The fraction of sp³-hybridized carbons (Fsp3) is 0.278. The maximum atomic E-state index is 13.0. The van der Waals surface area contributed by atoms with Gasteiger partial charge >= 0.3 is 0 Å². The summed E-state index contributed by atoms with van der Waals surface area (Å²) < 4.78 is 13.0. The molecule has 5 nitrogen and oxygen atoms in total. The third-order valence-corrected chi connectivity index (χ3v) is 4.16. The second-order valence-electron chi connectivity index (χ2n) is 5.79. The maximum absolute atomic E-state index is 13.0. The second kappa shape index (κ2) is 8.89. The van der Waals surface area contributed by atoms with Gasteiger partial charge < -0.3 is 20.6 Å². The van der Waals surface area contributed by atoms with Crippen molar-refractivity contribution < 1.29 is 9.50 Å². The van der Waals surface area contributed by atoms with E-state index in [0.29, 0.717) is 12.5 Å². The summed E-state index contributed by atoms with van der Waals surface area (Å²) in [7, 11) is 0. The molecule has 7 heteroatoms. The van der Waals surface area contributed by atoms with E-state index in [0.717, 1.165) is 37.4 Å². The van der Waals surface area contributed by atoms with E-state index in [1.807, 2.05) is 12.1 Å². The van der Waals surface area contributed by atoms with Crippen molar-refractivity contribution in [3.63, 3.8) is 0 Å². The highest BCUT2D eigenvalue weighted by molar-refractivity contribution is 14.0. The average Bonchev–Trinajstić information content (AvgIpc) is 2.62. The Morgan fingerprint density at radius 3 is 2.20 bits per heavy atom. The van der Waals surface area contributed by atoms with E-state index in [2.05, 4.69) is 14.8 Å². The van der Waals surface area contributed by atoms with Gasteiger partial charge in [-0.15, -0.1) is 24.0 Å². The molecule has 1 aliphatic rings. The Morgan fingerprint density at radius 2 is 1.60 bits per heavy atom. The molecule has 0 bridgehead atoms. The predicted molar refractivity (Wildman–Crippen MR) is 109 cm³/mol. The molecule has 1 saturated heterocycles. The number of guanidine groups is 1. The molecule has 0 spiro atoms. The van der Waals surface area contributed by atoms with Crippen LogP contribution in [-0.4, -0.2) is 42.1 Å². The Labute approximate surface area is 164 Å². The number of hydrogen-bond donors (Lipinski definition) is 2. The van der Waals surface area contributed by atoms with Gasteiger partial charge in [-0.2, -0.15) is 0 Å². The molecule has 0 radical (unpaired) electrons. The Morgan fingerprint density at radius 1 is 1.00 bits per heavy atom. The normalized spacial score (nSPS) is 15.0. The van der Waals surface area contributed by atoms with Gasteiger partial charge in [0.2, 0.25) is 0 Å². The van der Waals surface area contributed by atoms with E-state index in [1.54, 1.807) is 24.3 Å². The molecule has 1 aliphatic heterocycles. The first-order valence-electron chi connectivity index (χ1n) is 7.95. The Hall–Kier alpha value is -2.03. The Bertz CT molecular complexity index is 698. The molecular formula is C18H22FIN4O. The van der Waals surface area contributed by atoms with Crippen LogP contribution in [0.3, 0.4) is 0 Å². The molecule has 1 fully saturated rings. The summed E-state index contributed by atoms with van der Waals surface area (Å²) >= 11 is 0. The van der Waals surface area contributed by atoms with Crippen LogP contribution < -0.4 is 10.6 Å². The molecule has 0 aromatic heterocycles. The lowest BCUT2D eigenvalue weighted by atomic mass is 10.2. The monoisotopic (exact) mass is 456 g/mol.